The maximum atomic E-state index is 12.3. The fraction of sp³-hybridized carbons (Fsp3) is 0.500. The van der Waals surface area contributed by atoms with Crippen molar-refractivity contribution < 1.29 is 23.5 Å². The average Bonchev–Trinajstić information content (AvgIpc) is 3.23. The number of rotatable bonds is 4. The van der Waals surface area contributed by atoms with E-state index in [1.807, 2.05) is 0 Å². The highest BCUT2D eigenvalue weighted by atomic mass is 16.5. The molecule has 0 amide bonds. The van der Waals surface area contributed by atoms with Crippen LogP contribution in [0.15, 0.2) is 22.9 Å². The molecule has 8 heteroatoms. The van der Waals surface area contributed by atoms with E-state index in [0.717, 1.165) is 25.7 Å². The van der Waals surface area contributed by atoms with E-state index in [9.17, 15) is 9.59 Å². The molecule has 0 bridgehead atoms. The Labute approximate surface area is 138 Å². The van der Waals surface area contributed by atoms with Gasteiger partial charge in [0.05, 0.1) is 25.6 Å². The second-order valence-corrected chi connectivity index (χ2v) is 5.76. The Hall–Kier alpha value is -2.64. The van der Waals surface area contributed by atoms with Gasteiger partial charge in [0.25, 0.3) is 0 Å². The van der Waals surface area contributed by atoms with E-state index in [-0.39, 0.29) is 17.8 Å². The summed E-state index contributed by atoms with van der Waals surface area (Å²) < 4.78 is 17.1. The Kier molecular flexibility index (Phi) is 4.64. The van der Waals surface area contributed by atoms with Crippen molar-refractivity contribution in [1.82, 2.24) is 15.0 Å². The zero-order valence-corrected chi connectivity index (χ0v) is 13.6. The average molecular weight is 333 g/mol. The highest BCUT2D eigenvalue weighted by Gasteiger charge is 2.32. The van der Waals surface area contributed by atoms with Gasteiger partial charge in [-0.15, -0.1) is 5.10 Å². The maximum Gasteiger partial charge on any atom is 0.360 e. The molecular formula is C16H19N3O5. The number of carbonyl (C=O) groups excluding carboxylic acids is 2. The van der Waals surface area contributed by atoms with E-state index in [1.54, 1.807) is 17.7 Å². The van der Waals surface area contributed by atoms with E-state index in [0.29, 0.717) is 11.3 Å². The number of carbonyl (C=O) groups is 2. The molecule has 0 aliphatic heterocycles. The van der Waals surface area contributed by atoms with Crippen LogP contribution >= 0.6 is 0 Å². The molecule has 1 aliphatic carbocycles. The van der Waals surface area contributed by atoms with Crippen LogP contribution in [0.1, 0.15) is 58.3 Å². The van der Waals surface area contributed by atoms with Gasteiger partial charge in [0.15, 0.2) is 5.69 Å². The number of esters is 2. The summed E-state index contributed by atoms with van der Waals surface area (Å²) in [6.07, 6.45) is 6.17. The van der Waals surface area contributed by atoms with Gasteiger partial charge in [0, 0.05) is 0 Å². The topological polar surface area (TPSA) is 96.5 Å². The lowest BCUT2D eigenvalue weighted by Crippen LogP contribution is -2.32. The Morgan fingerprint density at radius 1 is 1.29 bits per heavy atom. The molecule has 0 N–H and O–H groups in total. The molecule has 128 valence electrons. The highest BCUT2D eigenvalue weighted by molar-refractivity contribution is 5.90. The molecule has 0 spiro atoms. The number of aryl methyl sites for hydroxylation is 1. The standard InChI is InChI=1S/C16H19N3O5/c1-10-11(7-8-23-10)15(20)24-14-6-4-3-5-13(14)19-9-12(17-18-19)16(21)22-2/h7-9,13-14H,3-6H2,1-2H3. The van der Waals surface area contributed by atoms with E-state index >= 15 is 0 Å². The summed E-state index contributed by atoms with van der Waals surface area (Å²) in [5.74, 6) is -0.424. The van der Waals surface area contributed by atoms with Crippen molar-refractivity contribution in [3.8, 4) is 0 Å². The lowest BCUT2D eigenvalue weighted by Gasteiger charge is -2.30. The number of ether oxygens (including phenoxy) is 2. The summed E-state index contributed by atoms with van der Waals surface area (Å²) in [7, 11) is 1.29. The predicted octanol–water partition coefficient (Wildman–Crippen LogP) is 2.31. The first kappa shape index (κ1) is 16.2. The van der Waals surface area contributed by atoms with Gasteiger partial charge in [-0.1, -0.05) is 11.6 Å². The molecule has 24 heavy (non-hydrogen) atoms. The van der Waals surface area contributed by atoms with Gasteiger partial charge in [-0.25, -0.2) is 14.3 Å². The van der Waals surface area contributed by atoms with Crippen LogP contribution in [0, 0.1) is 6.92 Å². The summed E-state index contributed by atoms with van der Waals surface area (Å²) in [5, 5.41) is 7.83. The van der Waals surface area contributed by atoms with Crippen molar-refractivity contribution in [3.05, 3.63) is 35.5 Å². The van der Waals surface area contributed by atoms with Gasteiger partial charge in [-0.3, -0.25) is 0 Å². The van der Waals surface area contributed by atoms with Crippen molar-refractivity contribution in [2.24, 2.45) is 0 Å². The third kappa shape index (κ3) is 3.17. The van der Waals surface area contributed by atoms with Crippen LogP contribution in [-0.4, -0.2) is 40.1 Å². The number of furan rings is 1. The minimum Gasteiger partial charge on any atom is -0.469 e. The van der Waals surface area contributed by atoms with Gasteiger partial charge in [-0.05, 0) is 32.3 Å². The van der Waals surface area contributed by atoms with Gasteiger partial charge >= 0.3 is 11.9 Å². The maximum absolute atomic E-state index is 12.3. The van der Waals surface area contributed by atoms with Crippen molar-refractivity contribution in [2.75, 3.05) is 7.11 Å². The number of hydrogen-bond acceptors (Lipinski definition) is 7. The molecular weight excluding hydrogens is 314 g/mol. The monoisotopic (exact) mass is 333 g/mol. The summed E-state index contributed by atoms with van der Waals surface area (Å²) in [6, 6.07) is 1.45. The first-order valence-electron chi connectivity index (χ1n) is 7.85. The molecule has 0 aromatic carbocycles. The molecule has 2 heterocycles. The third-order valence-corrected chi connectivity index (χ3v) is 4.25. The summed E-state index contributed by atoms with van der Waals surface area (Å²) in [6.45, 7) is 1.72. The van der Waals surface area contributed by atoms with Gasteiger partial charge in [-0.2, -0.15) is 0 Å². The van der Waals surface area contributed by atoms with Crippen molar-refractivity contribution in [3.63, 3.8) is 0 Å². The van der Waals surface area contributed by atoms with Crippen LogP contribution in [0.2, 0.25) is 0 Å². The lowest BCUT2D eigenvalue weighted by molar-refractivity contribution is 0.00157. The van der Waals surface area contributed by atoms with Crippen LogP contribution in [0.25, 0.3) is 0 Å². The molecule has 8 nitrogen and oxygen atoms in total. The predicted molar refractivity (Wildman–Crippen MR) is 81.5 cm³/mol. The molecule has 2 aromatic rings. The number of methoxy groups -OCH3 is 1. The smallest absolute Gasteiger partial charge is 0.360 e. The normalized spacial score (nSPS) is 20.6. The Morgan fingerprint density at radius 3 is 2.79 bits per heavy atom. The minimum absolute atomic E-state index is 0.138. The van der Waals surface area contributed by atoms with Gasteiger partial charge in [0.2, 0.25) is 0 Å². The fourth-order valence-corrected chi connectivity index (χ4v) is 2.95. The largest absolute Gasteiger partial charge is 0.469 e. The number of nitrogens with zero attached hydrogens (tertiary/aromatic N) is 3. The fourth-order valence-electron chi connectivity index (χ4n) is 2.95. The Bertz CT molecular complexity index is 736. The number of aromatic nitrogens is 3. The Balaban J connectivity index is 1.76. The zero-order chi connectivity index (χ0) is 17.1. The highest BCUT2D eigenvalue weighted by Crippen LogP contribution is 2.31. The van der Waals surface area contributed by atoms with Crippen LogP contribution in [0.4, 0.5) is 0 Å². The first-order valence-corrected chi connectivity index (χ1v) is 7.85. The molecule has 0 saturated heterocycles. The van der Waals surface area contributed by atoms with E-state index in [4.69, 9.17) is 9.15 Å². The van der Waals surface area contributed by atoms with Crippen LogP contribution in [-0.2, 0) is 9.47 Å². The zero-order valence-electron chi connectivity index (χ0n) is 13.6. The molecule has 1 saturated carbocycles. The van der Waals surface area contributed by atoms with Crippen LogP contribution < -0.4 is 0 Å². The molecule has 2 unspecified atom stereocenters. The minimum atomic E-state index is -0.542. The van der Waals surface area contributed by atoms with Gasteiger partial charge in [0.1, 0.15) is 17.4 Å². The second kappa shape index (κ2) is 6.86. The SMILES string of the molecule is COC(=O)c1cn(C2CCCCC2OC(=O)c2ccoc2C)nn1. The van der Waals surface area contributed by atoms with E-state index in [1.165, 1.54) is 19.6 Å². The molecule has 3 rings (SSSR count). The molecule has 0 radical (unpaired) electrons. The molecule has 2 aromatic heterocycles. The van der Waals surface area contributed by atoms with Crippen LogP contribution in [0.5, 0.6) is 0 Å². The van der Waals surface area contributed by atoms with E-state index < -0.39 is 11.9 Å². The quantitative estimate of drug-likeness (QED) is 0.792. The van der Waals surface area contributed by atoms with Crippen LogP contribution in [0.3, 0.4) is 0 Å². The van der Waals surface area contributed by atoms with E-state index in [2.05, 4.69) is 15.0 Å². The number of hydrogen-bond donors (Lipinski definition) is 0. The second-order valence-electron chi connectivity index (χ2n) is 5.76. The first-order chi connectivity index (χ1) is 11.6. The molecule has 1 fully saturated rings. The summed E-state index contributed by atoms with van der Waals surface area (Å²) in [4.78, 5) is 23.9. The molecule has 2 atom stereocenters. The Morgan fingerprint density at radius 2 is 2.08 bits per heavy atom. The molecule has 1 aliphatic rings. The third-order valence-electron chi connectivity index (χ3n) is 4.25. The van der Waals surface area contributed by atoms with Crippen molar-refractivity contribution in [2.45, 2.75) is 44.8 Å². The van der Waals surface area contributed by atoms with Crippen molar-refractivity contribution >= 4 is 11.9 Å². The van der Waals surface area contributed by atoms with Gasteiger partial charge < -0.3 is 13.9 Å². The lowest BCUT2D eigenvalue weighted by atomic mass is 9.92. The summed E-state index contributed by atoms with van der Waals surface area (Å²) in [5.41, 5.74) is 0.562. The summed E-state index contributed by atoms with van der Waals surface area (Å²) >= 11 is 0. The van der Waals surface area contributed by atoms with Crippen molar-refractivity contribution in [1.29, 1.82) is 0 Å².